The van der Waals surface area contributed by atoms with Crippen molar-refractivity contribution in [2.24, 2.45) is 0 Å². The average Bonchev–Trinajstić information content (AvgIpc) is 3.25. The molecule has 1 unspecified atom stereocenters. The first-order valence-corrected chi connectivity index (χ1v) is 12.2. The van der Waals surface area contributed by atoms with Gasteiger partial charge in [0.15, 0.2) is 5.16 Å². The van der Waals surface area contributed by atoms with Gasteiger partial charge in [-0.25, -0.2) is 0 Å². The molecule has 0 saturated carbocycles. The summed E-state index contributed by atoms with van der Waals surface area (Å²) in [7, 11) is 1.66. The van der Waals surface area contributed by atoms with Gasteiger partial charge >= 0.3 is 0 Å². The summed E-state index contributed by atoms with van der Waals surface area (Å²) in [6.07, 6.45) is 3.50. The van der Waals surface area contributed by atoms with E-state index in [0.717, 1.165) is 60.1 Å². The smallest absolute Gasteiger partial charge is 0.237 e. The van der Waals surface area contributed by atoms with Crippen LogP contribution in [0.25, 0.3) is 5.69 Å². The van der Waals surface area contributed by atoms with E-state index in [0.29, 0.717) is 5.16 Å². The van der Waals surface area contributed by atoms with Gasteiger partial charge in [-0.3, -0.25) is 9.36 Å². The van der Waals surface area contributed by atoms with Crippen molar-refractivity contribution in [2.75, 3.05) is 30.4 Å². The third-order valence-electron chi connectivity index (χ3n) is 5.96. The van der Waals surface area contributed by atoms with E-state index in [1.165, 1.54) is 18.2 Å². The molecular formula is C25H31N5O2S. The summed E-state index contributed by atoms with van der Waals surface area (Å²) in [5, 5.41) is 12.5. The molecule has 3 aromatic rings. The van der Waals surface area contributed by atoms with Crippen LogP contribution in [0.3, 0.4) is 0 Å². The lowest BCUT2D eigenvalue weighted by atomic mass is 10.1. The summed E-state index contributed by atoms with van der Waals surface area (Å²) in [6.45, 7) is 7.80. The van der Waals surface area contributed by atoms with Crippen LogP contribution in [-0.2, 0) is 4.79 Å². The van der Waals surface area contributed by atoms with E-state index in [9.17, 15) is 4.79 Å². The minimum atomic E-state index is -0.365. The minimum absolute atomic E-state index is 0.0634. The second-order valence-electron chi connectivity index (χ2n) is 8.35. The van der Waals surface area contributed by atoms with Gasteiger partial charge < -0.3 is 15.0 Å². The third kappa shape index (κ3) is 5.00. The van der Waals surface area contributed by atoms with Crippen molar-refractivity contribution in [3.05, 3.63) is 53.6 Å². The second-order valence-corrected chi connectivity index (χ2v) is 9.66. The highest BCUT2D eigenvalue weighted by Gasteiger charge is 2.26. The highest BCUT2D eigenvalue weighted by atomic mass is 32.2. The lowest BCUT2D eigenvalue weighted by molar-refractivity contribution is -0.115. The minimum Gasteiger partial charge on any atom is -0.495 e. The Balaban J connectivity index is 1.64. The predicted octanol–water partition coefficient (Wildman–Crippen LogP) is 5.00. The average molecular weight is 466 g/mol. The van der Waals surface area contributed by atoms with E-state index in [1.807, 2.05) is 67.8 Å². The van der Waals surface area contributed by atoms with Gasteiger partial charge in [-0.05, 0) is 63.3 Å². The maximum absolute atomic E-state index is 13.1. The van der Waals surface area contributed by atoms with Crippen molar-refractivity contribution in [3.8, 4) is 11.4 Å². The van der Waals surface area contributed by atoms with Crippen LogP contribution in [0.5, 0.6) is 5.75 Å². The van der Waals surface area contributed by atoms with Crippen molar-refractivity contribution in [1.29, 1.82) is 0 Å². The maximum atomic E-state index is 13.1. The van der Waals surface area contributed by atoms with E-state index in [-0.39, 0.29) is 11.2 Å². The quantitative estimate of drug-likeness (QED) is 0.495. The number of para-hydroxylation sites is 3. The molecule has 4 rings (SSSR count). The Morgan fingerprint density at radius 3 is 2.42 bits per heavy atom. The number of carbonyl (C=O) groups excluding carboxylic acids is 1. The summed E-state index contributed by atoms with van der Waals surface area (Å²) in [4.78, 5) is 15.3. The number of amides is 1. The molecule has 1 amide bonds. The van der Waals surface area contributed by atoms with Crippen LogP contribution in [0.1, 0.15) is 37.3 Å². The molecule has 1 saturated heterocycles. The number of aryl methyl sites for hydroxylation is 2. The number of nitrogens with one attached hydrogen (secondary N) is 1. The molecule has 1 N–H and O–H groups in total. The number of aromatic nitrogens is 3. The fourth-order valence-corrected chi connectivity index (χ4v) is 4.97. The fraction of sp³-hybridized carbons (Fsp3) is 0.400. The first-order chi connectivity index (χ1) is 16.0. The largest absolute Gasteiger partial charge is 0.495 e. The Morgan fingerprint density at radius 2 is 1.73 bits per heavy atom. The number of piperidine rings is 1. The van der Waals surface area contributed by atoms with Crippen molar-refractivity contribution in [2.45, 2.75) is 50.4 Å². The molecule has 2 heterocycles. The molecule has 2 aromatic carbocycles. The zero-order chi connectivity index (χ0) is 23.4. The number of nitrogens with zero attached hydrogens (tertiary/aromatic N) is 4. The topological polar surface area (TPSA) is 72.3 Å². The highest BCUT2D eigenvalue weighted by molar-refractivity contribution is 8.00. The number of anilines is 2. The monoisotopic (exact) mass is 465 g/mol. The maximum Gasteiger partial charge on any atom is 0.237 e. The van der Waals surface area contributed by atoms with Crippen molar-refractivity contribution in [3.63, 3.8) is 0 Å². The molecule has 7 nitrogen and oxygen atoms in total. The number of thioether (sulfide) groups is 1. The standard InChI is InChI=1S/C25H31N5O2S/c1-17-11-10-12-18(2)22(17)26-23(31)19(3)33-25-28-27-24(29-15-8-5-9-16-29)30(25)20-13-6-7-14-21(20)32-4/h6-7,10-14,19H,5,8-9,15-16H2,1-4H3,(H,26,31). The molecule has 0 spiro atoms. The van der Waals surface area contributed by atoms with Gasteiger partial charge in [-0.2, -0.15) is 0 Å². The van der Waals surface area contributed by atoms with E-state index in [4.69, 9.17) is 4.74 Å². The SMILES string of the molecule is COc1ccccc1-n1c(SC(C)C(=O)Nc2c(C)cccc2C)nnc1N1CCCCC1. The molecular weight excluding hydrogens is 434 g/mol. The molecule has 33 heavy (non-hydrogen) atoms. The predicted molar refractivity (Wildman–Crippen MR) is 134 cm³/mol. The Kier molecular flexibility index (Phi) is 7.23. The number of benzene rings is 2. The van der Waals surface area contributed by atoms with Gasteiger partial charge in [0.25, 0.3) is 0 Å². The summed E-state index contributed by atoms with van der Waals surface area (Å²) in [5.41, 5.74) is 3.83. The van der Waals surface area contributed by atoms with Crippen LogP contribution in [-0.4, -0.2) is 46.1 Å². The molecule has 174 valence electrons. The summed E-state index contributed by atoms with van der Waals surface area (Å²) in [5.74, 6) is 1.47. The Hall–Kier alpha value is -3.00. The highest BCUT2D eigenvalue weighted by Crippen LogP contribution is 2.34. The van der Waals surface area contributed by atoms with Gasteiger partial charge in [0, 0.05) is 18.8 Å². The van der Waals surface area contributed by atoms with Gasteiger partial charge in [-0.1, -0.05) is 42.1 Å². The number of methoxy groups -OCH3 is 1. The molecule has 1 atom stereocenters. The first kappa shape index (κ1) is 23.2. The van der Waals surface area contributed by atoms with Crippen molar-refractivity contribution in [1.82, 2.24) is 14.8 Å². The first-order valence-electron chi connectivity index (χ1n) is 11.4. The van der Waals surface area contributed by atoms with E-state index < -0.39 is 0 Å². The summed E-state index contributed by atoms with van der Waals surface area (Å²) >= 11 is 1.40. The Bertz CT molecular complexity index is 1100. The lowest BCUT2D eigenvalue weighted by Crippen LogP contribution is -2.32. The normalized spacial score (nSPS) is 14.7. The molecule has 1 fully saturated rings. The van der Waals surface area contributed by atoms with Gasteiger partial charge in [0.1, 0.15) is 5.75 Å². The molecule has 0 bridgehead atoms. The second kappa shape index (κ2) is 10.3. The Morgan fingerprint density at radius 1 is 1.03 bits per heavy atom. The molecule has 8 heteroatoms. The molecule has 1 aliphatic heterocycles. The molecule has 1 aliphatic rings. The van der Waals surface area contributed by atoms with Crippen LogP contribution in [0.4, 0.5) is 11.6 Å². The van der Waals surface area contributed by atoms with Crippen molar-refractivity contribution >= 4 is 29.3 Å². The third-order valence-corrected chi connectivity index (χ3v) is 7.00. The number of hydrogen-bond donors (Lipinski definition) is 1. The number of carbonyl (C=O) groups is 1. The fourth-order valence-electron chi connectivity index (χ4n) is 4.11. The van der Waals surface area contributed by atoms with Crippen molar-refractivity contribution < 1.29 is 9.53 Å². The number of hydrogen-bond acceptors (Lipinski definition) is 6. The molecule has 0 aliphatic carbocycles. The Labute approximate surface area is 199 Å². The summed E-state index contributed by atoms with van der Waals surface area (Å²) < 4.78 is 7.67. The molecule has 0 radical (unpaired) electrons. The zero-order valence-corrected chi connectivity index (χ0v) is 20.5. The van der Waals surface area contributed by atoms with Gasteiger partial charge in [0.2, 0.25) is 11.9 Å². The van der Waals surface area contributed by atoms with Crippen LogP contribution < -0.4 is 15.0 Å². The van der Waals surface area contributed by atoms with Gasteiger partial charge in [-0.15, -0.1) is 10.2 Å². The van der Waals surface area contributed by atoms with Crippen LogP contribution in [0, 0.1) is 13.8 Å². The van der Waals surface area contributed by atoms with Gasteiger partial charge in [0.05, 0.1) is 18.0 Å². The number of rotatable bonds is 7. The molecule has 1 aromatic heterocycles. The number of ether oxygens (including phenoxy) is 1. The van der Waals surface area contributed by atoms with Crippen LogP contribution in [0.2, 0.25) is 0 Å². The van der Waals surface area contributed by atoms with Crippen LogP contribution in [0.15, 0.2) is 47.6 Å². The van der Waals surface area contributed by atoms with E-state index >= 15 is 0 Å². The van der Waals surface area contributed by atoms with E-state index in [1.54, 1.807) is 7.11 Å². The zero-order valence-electron chi connectivity index (χ0n) is 19.7. The van der Waals surface area contributed by atoms with E-state index in [2.05, 4.69) is 20.4 Å². The lowest BCUT2D eigenvalue weighted by Gasteiger charge is -2.28. The van der Waals surface area contributed by atoms with Crippen LogP contribution >= 0.6 is 11.8 Å². The summed E-state index contributed by atoms with van der Waals surface area (Å²) in [6, 6.07) is 13.9.